The third-order valence-electron chi connectivity index (χ3n) is 4.02. The number of ether oxygens (including phenoxy) is 3. The number of nitrogens with one attached hydrogen (secondary N) is 1. The molecule has 0 fully saturated rings. The second-order valence-corrected chi connectivity index (χ2v) is 6.58. The average Bonchev–Trinajstić information content (AvgIpc) is 3.20. The van der Waals surface area contributed by atoms with Crippen molar-refractivity contribution < 1.29 is 19.0 Å². The summed E-state index contributed by atoms with van der Waals surface area (Å²) in [6.07, 6.45) is 0.959. The fourth-order valence-corrected chi connectivity index (χ4v) is 3.10. The van der Waals surface area contributed by atoms with Gasteiger partial charge in [-0.1, -0.05) is 19.1 Å². The highest BCUT2D eigenvalue weighted by atomic mass is 32.1. The summed E-state index contributed by atoms with van der Waals surface area (Å²) in [5, 5.41) is 3.10. The SMILES string of the molecule is CCc1ccc(OCC(=O)Nc2nc(-c3ccc(OC)c(OC)c3)ns2)cc1. The molecule has 8 heteroatoms. The van der Waals surface area contributed by atoms with Crippen molar-refractivity contribution in [2.75, 3.05) is 26.1 Å². The molecule has 1 aromatic heterocycles. The van der Waals surface area contributed by atoms with Gasteiger partial charge in [0.2, 0.25) is 5.13 Å². The maximum Gasteiger partial charge on any atom is 0.264 e. The van der Waals surface area contributed by atoms with E-state index in [0.717, 1.165) is 23.5 Å². The quantitative estimate of drug-likeness (QED) is 0.620. The number of anilines is 1. The fourth-order valence-electron chi connectivity index (χ4n) is 2.49. The Morgan fingerprint density at radius 3 is 2.50 bits per heavy atom. The number of rotatable bonds is 8. The van der Waals surface area contributed by atoms with Crippen molar-refractivity contribution in [3.63, 3.8) is 0 Å². The Kier molecular flexibility index (Phi) is 6.44. The van der Waals surface area contributed by atoms with Gasteiger partial charge < -0.3 is 14.2 Å². The maximum absolute atomic E-state index is 12.1. The van der Waals surface area contributed by atoms with Crippen LogP contribution in [0.4, 0.5) is 5.13 Å². The molecule has 0 atom stereocenters. The Bertz CT molecular complexity index is 941. The first kappa shape index (κ1) is 19.6. The molecule has 2 aromatic carbocycles. The highest BCUT2D eigenvalue weighted by Crippen LogP contribution is 2.32. The number of carbonyl (C=O) groups excluding carboxylic acids is 1. The maximum atomic E-state index is 12.1. The second kappa shape index (κ2) is 9.18. The van der Waals surface area contributed by atoms with Crippen LogP contribution in [0.1, 0.15) is 12.5 Å². The molecule has 1 N–H and O–H groups in total. The van der Waals surface area contributed by atoms with E-state index in [4.69, 9.17) is 14.2 Å². The first-order chi connectivity index (χ1) is 13.6. The topological polar surface area (TPSA) is 82.6 Å². The zero-order valence-electron chi connectivity index (χ0n) is 15.9. The van der Waals surface area contributed by atoms with Gasteiger partial charge in [0.25, 0.3) is 5.91 Å². The molecular formula is C20H21N3O4S. The van der Waals surface area contributed by atoms with Crippen LogP contribution in [0.2, 0.25) is 0 Å². The van der Waals surface area contributed by atoms with Crippen molar-refractivity contribution in [2.45, 2.75) is 13.3 Å². The number of hydrogen-bond donors (Lipinski definition) is 1. The number of aryl methyl sites for hydroxylation is 1. The lowest BCUT2D eigenvalue weighted by molar-refractivity contribution is -0.118. The molecule has 0 aliphatic carbocycles. The summed E-state index contributed by atoms with van der Waals surface area (Å²) >= 11 is 1.10. The smallest absolute Gasteiger partial charge is 0.264 e. The first-order valence-electron chi connectivity index (χ1n) is 8.70. The molecule has 0 unspecified atom stereocenters. The minimum atomic E-state index is -0.297. The summed E-state index contributed by atoms with van der Waals surface area (Å²) < 4.78 is 20.3. The molecule has 0 bridgehead atoms. The predicted octanol–water partition coefficient (Wildman–Crippen LogP) is 3.80. The van der Waals surface area contributed by atoms with Crippen LogP contribution in [-0.2, 0) is 11.2 Å². The van der Waals surface area contributed by atoms with E-state index in [0.29, 0.717) is 28.2 Å². The fraction of sp³-hybridized carbons (Fsp3) is 0.250. The summed E-state index contributed by atoms with van der Waals surface area (Å²) in [5.41, 5.74) is 1.98. The van der Waals surface area contributed by atoms with E-state index in [-0.39, 0.29) is 12.5 Å². The average molecular weight is 399 g/mol. The van der Waals surface area contributed by atoms with Crippen LogP contribution < -0.4 is 19.5 Å². The molecule has 0 saturated carbocycles. The van der Waals surface area contributed by atoms with Gasteiger partial charge in [-0.05, 0) is 42.3 Å². The first-order valence-corrected chi connectivity index (χ1v) is 9.48. The van der Waals surface area contributed by atoms with Crippen molar-refractivity contribution in [2.24, 2.45) is 0 Å². The van der Waals surface area contributed by atoms with Gasteiger partial charge in [0.15, 0.2) is 23.9 Å². The lowest BCUT2D eigenvalue weighted by Crippen LogP contribution is -2.20. The Hall–Kier alpha value is -3.13. The van der Waals surface area contributed by atoms with Gasteiger partial charge in [0.1, 0.15) is 5.75 Å². The molecule has 1 heterocycles. The van der Waals surface area contributed by atoms with Gasteiger partial charge in [-0.2, -0.15) is 9.36 Å². The molecule has 146 valence electrons. The van der Waals surface area contributed by atoms with Gasteiger partial charge in [-0.3, -0.25) is 10.1 Å². The molecule has 3 aromatic rings. The van der Waals surface area contributed by atoms with Crippen molar-refractivity contribution >= 4 is 22.6 Å². The predicted molar refractivity (Wildman–Crippen MR) is 108 cm³/mol. The van der Waals surface area contributed by atoms with Gasteiger partial charge in [0, 0.05) is 17.1 Å². The number of methoxy groups -OCH3 is 2. The minimum Gasteiger partial charge on any atom is -0.493 e. The molecule has 0 saturated heterocycles. The van der Waals surface area contributed by atoms with Crippen molar-refractivity contribution in [3.05, 3.63) is 48.0 Å². The lowest BCUT2D eigenvalue weighted by atomic mass is 10.2. The largest absolute Gasteiger partial charge is 0.493 e. The van der Waals surface area contributed by atoms with Crippen LogP contribution in [0.5, 0.6) is 17.2 Å². The van der Waals surface area contributed by atoms with Gasteiger partial charge >= 0.3 is 0 Å². The van der Waals surface area contributed by atoms with E-state index in [1.807, 2.05) is 30.3 Å². The van der Waals surface area contributed by atoms with Crippen molar-refractivity contribution in [1.82, 2.24) is 9.36 Å². The monoisotopic (exact) mass is 399 g/mol. The summed E-state index contributed by atoms with van der Waals surface area (Å²) in [5.74, 6) is 2.06. The van der Waals surface area contributed by atoms with E-state index < -0.39 is 0 Å². The van der Waals surface area contributed by atoms with E-state index in [1.54, 1.807) is 26.4 Å². The summed E-state index contributed by atoms with van der Waals surface area (Å²) in [6.45, 7) is 1.98. The number of carbonyl (C=O) groups is 1. The van der Waals surface area contributed by atoms with Gasteiger partial charge in [0.05, 0.1) is 14.2 Å². The standard InChI is InChI=1S/C20H21N3O4S/c1-4-13-5-8-15(9-6-13)27-12-18(24)21-20-22-19(23-28-20)14-7-10-16(25-2)17(11-14)26-3/h5-11H,4,12H2,1-3H3,(H,21,22,23,24). The summed E-state index contributed by atoms with van der Waals surface area (Å²) in [7, 11) is 3.14. The molecule has 0 radical (unpaired) electrons. The van der Waals surface area contributed by atoms with Gasteiger partial charge in [-0.15, -0.1) is 0 Å². The zero-order chi connectivity index (χ0) is 19.9. The normalized spacial score (nSPS) is 10.4. The molecule has 0 aliphatic rings. The van der Waals surface area contributed by atoms with Crippen LogP contribution in [0.25, 0.3) is 11.4 Å². The second-order valence-electron chi connectivity index (χ2n) is 5.83. The molecule has 0 spiro atoms. The summed E-state index contributed by atoms with van der Waals surface area (Å²) in [6, 6.07) is 13.1. The Balaban J connectivity index is 1.60. The Morgan fingerprint density at radius 2 is 1.82 bits per heavy atom. The Morgan fingerprint density at radius 1 is 1.07 bits per heavy atom. The molecule has 3 rings (SSSR count). The molecule has 1 amide bonds. The highest BCUT2D eigenvalue weighted by Gasteiger charge is 2.13. The third kappa shape index (κ3) is 4.77. The summed E-state index contributed by atoms with van der Waals surface area (Å²) in [4.78, 5) is 16.5. The number of hydrogen-bond acceptors (Lipinski definition) is 7. The van der Waals surface area contributed by atoms with E-state index in [1.165, 1.54) is 5.56 Å². The number of benzene rings is 2. The third-order valence-corrected chi connectivity index (χ3v) is 4.65. The van der Waals surface area contributed by atoms with Gasteiger partial charge in [-0.25, -0.2) is 0 Å². The van der Waals surface area contributed by atoms with E-state index >= 15 is 0 Å². The number of nitrogens with zero attached hydrogens (tertiary/aromatic N) is 2. The number of aromatic nitrogens is 2. The molecule has 0 aliphatic heterocycles. The van der Waals surface area contributed by atoms with Crippen LogP contribution in [0, 0.1) is 0 Å². The van der Waals surface area contributed by atoms with Crippen molar-refractivity contribution in [1.29, 1.82) is 0 Å². The lowest BCUT2D eigenvalue weighted by Gasteiger charge is -2.07. The minimum absolute atomic E-state index is 0.100. The number of amides is 1. The van der Waals surface area contributed by atoms with E-state index in [2.05, 4.69) is 21.6 Å². The molecule has 28 heavy (non-hydrogen) atoms. The van der Waals surface area contributed by atoms with Crippen LogP contribution in [0.3, 0.4) is 0 Å². The zero-order valence-corrected chi connectivity index (χ0v) is 16.7. The Labute approximate surface area is 167 Å². The van der Waals surface area contributed by atoms with Crippen LogP contribution >= 0.6 is 11.5 Å². The van der Waals surface area contributed by atoms with E-state index in [9.17, 15) is 4.79 Å². The van der Waals surface area contributed by atoms with Crippen molar-refractivity contribution in [3.8, 4) is 28.6 Å². The molecular weight excluding hydrogens is 378 g/mol. The van der Waals surface area contributed by atoms with Crippen LogP contribution in [-0.4, -0.2) is 36.1 Å². The highest BCUT2D eigenvalue weighted by molar-refractivity contribution is 7.10. The van der Waals surface area contributed by atoms with Crippen LogP contribution in [0.15, 0.2) is 42.5 Å². The molecule has 7 nitrogen and oxygen atoms in total.